The summed E-state index contributed by atoms with van der Waals surface area (Å²) in [5, 5.41) is 35.0. The molecule has 5 rings (SSSR count). The fourth-order valence-corrected chi connectivity index (χ4v) is 7.92. The molecule has 32 heavy (non-hydrogen) atoms. The maximum Gasteiger partial charge on any atom is 0.137 e. The van der Waals surface area contributed by atoms with Gasteiger partial charge in [-0.05, 0) is 90.5 Å². The number of aliphatic hydroxyl groups excluding tert-OH is 3. The van der Waals surface area contributed by atoms with Gasteiger partial charge in [0.1, 0.15) is 5.78 Å². The number of Topliss-reactive ketones (excluding diaryl/α,β-unsaturated/α-hetero) is 1. The summed E-state index contributed by atoms with van der Waals surface area (Å²) in [6.45, 7) is 9.72. The van der Waals surface area contributed by atoms with Gasteiger partial charge in [-0.2, -0.15) is 0 Å². The summed E-state index contributed by atoms with van der Waals surface area (Å²) in [6, 6.07) is 4.53. The third-order valence-corrected chi connectivity index (χ3v) is 9.80. The standard InChI is InChI=1S/C27H39NO4/c1-13-7-24(31)26(28-12-13)15(3)16-5-6-17-18(14(16)2)8-20-19(17)9-22(29)21-10-23(30)25(32)11-27(20,21)4/h5-6,13,15,19-21,23-26,28,30-32H,7-12H2,1-4H3/t13-,15-,19-,20-,21+,23+,24+,25+,26-,27+/m0/s1. The lowest BCUT2D eigenvalue weighted by atomic mass is 9.51. The minimum atomic E-state index is -0.788. The second-order valence-corrected chi connectivity index (χ2v) is 11.7. The molecular formula is C27H39NO4. The summed E-state index contributed by atoms with van der Waals surface area (Å²) in [4.78, 5) is 13.1. The van der Waals surface area contributed by atoms with Crippen LogP contribution in [0.15, 0.2) is 12.1 Å². The van der Waals surface area contributed by atoms with Gasteiger partial charge in [-0.15, -0.1) is 0 Å². The molecule has 0 aromatic heterocycles. The quantitative estimate of drug-likeness (QED) is 0.567. The van der Waals surface area contributed by atoms with Crippen molar-refractivity contribution in [1.82, 2.24) is 5.32 Å². The maximum absolute atomic E-state index is 13.1. The Labute approximate surface area is 191 Å². The average Bonchev–Trinajstić information content (AvgIpc) is 3.10. The van der Waals surface area contributed by atoms with E-state index in [0.29, 0.717) is 31.1 Å². The molecule has 5 nitrogen and oxygen atoms in total. The van der Waals surface area contributed by atoms with E-state index in [-0.39, 0.29) is 41.1 Å². The summed E-state index contributed by atoms with van der Waals surface area (Å²) in [5.41, 5.74) is 5.01. The summed E-state index contributed by atoms with van der Waals surface area (Å²) in [6.07, 6.45) is 1.35. The Kier molecular flexibility index (Phi) is 5.56. The highest BCUT2D eigenvalue weighted by atomic mass is 16.3. The lowest BCUT2D eigenvalue weighted by Gasteiger charge is -2.53. The number of aliphatic hydroxyl groups is 3. The zero-order chi connectivity index (χ0) is 22.9. The second-order valence-electron chi connectivity index (χ2n) is 11.7. The molecule has 10 atom stereocenters. The molecule has 1 saturated heterocycles. The zero-order valence-corrected chi connectivity index (χ0v) is 19.8. The van der Waals surface area contributed by atoms with Crippen LogP contribution in [-0.2, 0) is 11.2 Å². The molecule has 1 heterocycles. The molecule has 4 N–H and O–H groups in total. The van der Waals surface area contributed by atoms with Gasteiger partial charge in [-0.3, -0.25) is 4.79 Å². The number of ketones is 1. The Hall–Kier alpha value is -1.27. The van der Waals surface area contributed by atoms with Gasteiger partial charge >= 0.3 is 0 Å². The van der Waals surface area contributed by atoms with Crippen LogP contribution >= 0.6 is 0 Å². The van der Waals surface area contributed by atoms with Gasteiger partial charge in [0.2, 0.25) is 0 Å². The van der Waals surface area contributed by atoms with Crippen LogP contribution in [0.1, 0.15) is 80.5 Å². The van der Waals surface area contributed by atoms with E-state index in [1.807, 2.05) is 0 Å². The molecule has 5 heteroatoms. The Bertz CT molecular complexity index is 915. The Morgan fingerprint density at radius 1 is 1.09 bits per heavy atom. The number of carbonyl (C=O) groups is 1. The Balaban J connectivity index is 1.46. The zero-order valence-electron chi connectivity index (χ0n) is 19.8. The van der Waals surface area contributed by atoms with Gasteiger partial charge < -0.3 is 20.6 Å². The number of carbonyl (C=O) groups excluding carboxylic acids is 1. The first kappa shape index (κ1) is 22.5. The highest BCUT2D eigenvalue weighted by Crippen LogP contribution is 2.61. The molecule has 3 aliphatic carbocycles. The Morgan fingerprint density at radius 3 is 2.56 bits per heavy atom. The molecule has 1 aliphatic heterocycles. The molecule has 176 valence electrons. The predicted molar refractivity (Wildman–Crippen MR) is 124 cm³/mol. The first-order valence-electron chi connectivity index (χ1n) is 12.5. The number of fused-ring (bicyclic) bond motifs is 5. The van der Waals surface area contributed by atoms with Crippen LogP contribution in [0.25, 0.3) is 0 Å². The van der Waals surface area contributed by atoms with E-state index < -0.39 is 12.2 Å². The molecule has 4 aliphatic rings. The summed E-state index contributed by atoms with van der Waals surface area (Å²) in [5.74, 6) is 1.34. The molecule has 2 saturated carbocycles. The van der Waals surface area contributed by atoms with Gasteiger partial charge in [0.25, 0.3) is 0 Å². The summed E-state index contributed by atoms with van der Waals surface area (Å²) < 4.78 is 0. The lowest BCUT2D eigenvalue weighted by molar-refractivity contribution is -0.152. The molecule has 3 fully saturated rings. The van der Waals surface area contributed by atoms with E-state index in [0.717, 1.165) is 19.4 Å². The van der Waals surface area contributed by atoms with E-state index in [4.69, 9.17) is 0 Å². The van der Waals surface area contributed by atoms with Crippen LogP contribution in [0, 0.1) is 30.1 Å². The SMILES string of the molecule is Cc1c([C@H](C)[C@@H]2NC[C@@H](C)C[C@H]2O)ccc2c1C[C@H]1[C@H]2CC(=O)[C@H]2C[C@@H](O)[C@H](O)C[C@@]21C. The van der Waals surface area contributed by atoms with Crippen molar-refractivity contribution in [2.45, 2.75) is 96.0 Å². The van der Waals surface area contributed by atoms with Crippen molar-refractivity contribution in [3.8, 4) is 0 Å². The molecule has 1 aromatic carbocycles. The summed E-state index contributed by atoms with van der Waals surface area (Å²) >= 11 is 0. The molecule has 0 amide bonds. The van der Waals surface area contributed by atoms with Crippen LogP contribution < -0.4 is 5.32 Å². The molecule has 0 radical (unpaired) electrons. The van der Waals surface area contributed by atoms with E-state index in [1.54, 1.807) is 0 Å². The minimum absolute atomic E-state index is 0.0603. The minimum Gasteiger partial charge on any atom is -0.391 e. The van der Waals surface area contributed by atoms with E-state index >= 15 is 0 Å². The third kappa shape index (κ3) is 3.31. The predicted octanol–water partition coefficient (Wildman–Crippen LogP) is 2.82. The van der Waals surface area contributed by atoms with E-state index in [2.05, 4.69) is 45.1 Å². The molecule has 1 aromatic rings. The van der Waals surface area contributed by atoms with Crippen molar-refractivity contribution in [2.75, 3.05) is 6.54 Å². The average molecular weight is 442 g/mol. The van der Waals surface area contributed by atoms with Crippen LogP contribution in [-0.4, -0.2) is 52.0 Å². The van der Waals surface area contributed by atoms with Crippen LogP contribution in [0.5, 0.6) is 0 Å². The molecule has 0 spiro atoms. The Morgan fingerprint density at radius 2 is 1.84 bits per heavy atom. The molecule has 0 bridgehead atoms. The summed E-state index contributed by atoms with van der Waals surface area (Å²) in [7, 11) is 0. The smallest absolute Gasteiger partial charge is 0.137 e. The topological polar surface area (TPSA) is 89.8 Å². The van der Waals surface area contributed by atoms with Crippen molar-refractivity contribution >= 4 is 5.78 Å². The number of hydrogen-bond acceptors (Lipinski definition) is 5. The molecular weight excluding hydrogens is 402 g/mol. The van der Waals surface area contributed by atoms with Crippen molar-refractivity contribution in [2.24, 2.45) is 23.2 Å². The van der Waals surface area contributed by atoms with Gasteiger partial charge in [-0.25, -0.2) is 0 Å². The van der Waals surface area contributed by atoms with Crippen LogP contribution in [0.3, 0.4) is 0 Å². The highest BCUT2D eigenvalue weighted by Gasteiger charge is 2.58. The van der Waals surface area contributed by atoms with Crippen molar-refractivity contribution in [3.05, 3.63) is 34.4 Å². The van der Waals surface area contributed by atoms with Gasteiger partial charge in [-0.1, -0.05) is 32.9 Å². The van der Waals surface area contributed by atoms with Gasteiger partial charge in [0, 0.05) is 18.4 Å². The molecule has 0 unspecified atom stereocenters. The first-order chi connectivity index (χ1) is 15.1. The lowest BCUT2D eigenvalue weighted by Crippen LogP contribution is -2.54. The fraction of sp³-hybridized carbons (Fsp3) is 0.741. The van der Waals surface area contributed by atoms with Crippen LogP contribution in [0.4, 0.5) is 0 Å². The highest BCUT2D eigenvalue weighted by molar-refractivity contribution is 5.84. The second kappa shape index (κ2) is 7.90. The van der Waals surface area contributed by atoms with E-state index in [9.17, 15) is 20.1 Å². The van der Waals surface area contributed by atoms with Gasteiger partial charge in [0.05, 0.1) is 18.3 Å². The number of benzene rings is 1. The van der Waals surface area contributed by atoms with Crippen molar-refractivity contribution in [1.29, 1.82) is 0 Å². The number of rotatable bonds is 2. The van der Waals surface area contributed by atoms with Crippen LogP contribution in [0.2, 0.25) is 0 Å². The third-order valence-electron chi connectivity index (χ3n) is 9.80. The van der Waals surface area contributed by atoms with Crippen molar-refractivity contribution in [3.63, 3.8) is 0 Å². The van der Waals surface area contributed by atoms with Crippen molar-refractivity contribution < 1.29 is 20.1 Å². The maximum atomic E-state index is 13.1. The number of hydrogen-bond donors (Lipinski definition) is 4. The monoisotopic (exact) mass is 441 g/mol. The number of piperidine rings is 1. The fourth-order valence-electron chi connectivity index (χ4n) is 7.92. The normalized spacial score (nSPS) is 44.5. The largest absolute Gasteiger partial charge is 0.391 e. The van der Waals surface area contributed by atoms with Gasteiger partial charge in [0.15, 0.2) is 0 Å². The number of nitrogens with one attached hydrogen (secondary N) is 1. The van der Waals surface area contributed by atoms with E-state index in [1.165, 1.54) is 22.3 Å². The first-order valence-corrected chi connectivity index (χ1v) is 12.5.